The van der Waals surface area contributed by atoms with Gasteiger partial charge in [-0.2, -0.15) is 5.10 Å². The minimum atomic E-state index is -0.190. The fourth-order valence-corrected chi connectivity index (χ4v) is 3.91. The summed E-state index contributed by atoms with van der Waals surface area (Å²) in [6, 6.07) is 9.73. The Morgan fingerprint density at radius 1 is 1.20 bits per heavy atom. The molecule has 1 aliphatic heterocycles. The Morgan fingerprint density at radius 2 is 2.00 bits per heavy atom. The Bertz CT molecular complexity index is 1040. The Kier molecular flexibility index (Phi) is 5.72. The van der Waals surface area contributed by atoms with Crippen molar-refractivity contribution < 1.29 is 4.79 Å². The molecule has 2 aromatic heterocycles. The van der Waals surface area contributed by atoms with Gasteiger partial charge in [0, 0.05) is 43.5 Å². The van der Waals surface area contributed by atoms with Gasteiger partial charge in [0.25, 0.3) is 5.91 Å². The molecular weight excluding hydrogens is 376 g/mol. The van der Waals surface area contributed by atoms with E-state index in [0.717, 1.165) is 43.2 Å². The van der Waals surface area contributed by atoms with E-state index in [1.165, 1.54) is 12.8 Å². The smallest absolute Gasteiger partial charge is 0.261 e. The second-order valence-electron chi connectivity index (χ2n) is 7.98. The third kappa shape index (κ3) is 4.03. The van der Waals surface area contributed by atoms with E-state index < -0.39 is 0 Å². The predicted molar refractivity (Wildman–Crippen MR) is 120 cm³/mol. The van der Waals surface area contributed by atoms with Crippen molar-refractivity contribution in [2.24, 2.45) is 5.41 Å². The van der Waals surface area contributed by atoms with E-state index in [0.29, 0.717) is 16.6 Å². The van der Waals surface area contributed by atoms with E-state index >= 15 is 0 Å². The number of hydrogen-bond donors (Lipinski definition) is 2. The third-order valence-electron chi connectivity index (χ3n) is 5.86. The number of amides is 1. The Hall–Kier alpha value is -2.93. The van der Waals surface area contributed by atoms with Gasteiger partial charge in [-0.05, 0) is 37.5 Å². The van der Waals surface area contributed by atoms with Crippen molar-refractivity contribution in [1.82, 2.24) is 19.9 Å². The Morgan fingerprint density at radius 3 is 2.77 bits per heavy atom. The van der Waals surface area contributed by atoms with Crippen molar-refractivity contribution >= 4 is 23.1 Å². The van der Waals surface area contributed by atoms with Gasteiger partial charge in [0.1, 0.15) is 11.4 Å². The molecule has 0 bridgehead atoms. The summed E-state index contributed by atoms with van der Waals surface area (Å²) >= 11 is 0. The first-order valence-electron chi connectivity index (χ1n) is 10.8. The molecule has 2 aliphatic rings. The second-order valence-corrected chi connectivity index (χ2v) is 7.98. The van der Waals surface area contributed by atoms with Crippen LogP contribution in [0.4, 0.5) is 11.5 Å². The summed E-state index contributed by atoms with van der Waals surface area (Å²) in [6.07, 6.45) is 6.03. The highest BCUT2D eigenvalue weighted by molar-refractivity contribution is 6.08. The number of aromatic nitrogens is 3. The number of para-hydroxylation sites is 1. The van der Waals surface area contributed by atoms with E-state index in [-0.39, 0.29) is 5.91 Å². The summed E-state index contributed by atoms with van der Waals surface area (Å²) < 4.78 is 1.67. The van der Waals surface area contributed by atoms with E-state index in [1.807, 2.05) is 57.3 Å². The molecule has 1 spiro atoms. The predicted octanol–water partition coefficient (Wildman–Crippen LogP) is 3.51. The number of carbonyl (C=O) groups is 1. The SMILES string of the molecule is CC.Cc1ccccc1NC(=O)c1cnn2ccc(N3CCNCC4(CC4)C3)nc12. The molecule has 3 aromatic rings. The van der Waals surface area contributed by atoms with Crippen molar-refractivity contribution in [1.29, 1.82) is 0 Å². The van der Waals surface area contributed by atoms with Gasteiger partial charge in [0.2, 0.25) is 0 Å². The number of aryl methyl sites for hydroxylation is 1. The molecule has 1 amide bonds. The molecule has 2 fully saturated rings. The highest BCUT2D eigenvalue weighted by Crippen LogP contribution is 2.46. The molecule has 1 aromatic carbocycles. The quantitative estimate of drug-likeness (QED) is 0.696. The highest BCUT2D eigenvalue weighted by Gasteiger charge is 2.44. The topological polar surface area (TPSA) is 74.6 Å². The van der Waals surface area contributed by atoms with Crippen LogP contribution in [0.25, 0.3) is 5.65 Å². The van der Waals surface area contributed by atoms with Crippen LogP contribution >= 0.6 is 0 Å². The molecule has 158 valence electrons. The zero-order valence-electron chi connectivity index (χ0n) is 18.0. The molecule has 2 N–H and O–H groups in total. The number of fused-ring (bicyclic) bond motifs is 1. The lowest BCUT2D eigenvalue weighted by molar-refractivity contribution is 0.102. The van der Waals surface area contributed by atoms with Gasteiger partial charge >= 0.3 is 0 Å². The zero-order valence-corrected chi connectivity index (χ0v) is 18.0. The first kappa shape index (κ1) is 20.3. The molecule has 1 saturated carbocycles. The molecule has 3 heterocycles. The maximum atomic E-state index is 12.9. The van der Waals surface area contributed by atoms with Crippen molar-refractivity contribution in [3.05, 3.63) is 53.9 Å². The van der Waals surface area contributed by atoms with E-state index in [4.69, 9.17) is 4.98 Å². The fourth-order valence-electron chi connectivity index (χ4n) is 3.91. The van der Waals surface area contributed by atoms with Crippen LogP contribution in [-0.2, 0) is 0 Å². The largest absolute Gasteiger partial charge is 0.355 e. The zero-order chi connectivity index (χ0) is 21.1. The molecule has 30 heavy (non-hydrogen) atoms. The van der Waals surface area contributed by atoms with Crippen LogP contribution in [0.1, 0.15) is 42.6 Å². The molecule has 1 aliphatic carbocycles. The fraction of sp³-hybridized carbons (Fsp3) is 0.435. The number of benzene rings is 1. The third-order valence-corrected chi connectivity index (χ3v) is 5.86. The van der Waals surface area contributed by atoms with Crippen molar-refractivity contribution in [2.75, 3.05) is 36.4 Å². The van der Waals surface area contributed by atoms with E-state index in [2.05, 4.69) is 20.6 Å². The average Bonchev–Trinajstić information content (AvgIpc) is 3.46. The number of carbonyl (C=O) groups excluding carboxylic acids is 1. The van der Waals surface area contributed by atoms with Crippen LogP contribution < -0.4 is 15.5 Å². The van der Waals surface area contributed by atoms with Gasteiger partial charge in [-0.25, -0.2) is 9.50 Å². The number of nitrogens with zero attached hydrogens (tertiary/aromatic N) is 4. The van der Waals surface area contributed by atoms with Crippen LogP contribution in [0.2, 0.25) is 0 Å². The van der Waals surface area contributed by atoms with Gasteiger partial charge in [0.15, 0.2) is 5.65 Å². The van der Waals surface area contributed by atoms with E-state index in [9.17, 15) is 4.79 Å². The lowest BCUT2D eigenvalue weighted by atomic mass is 10.1. The maximum Gasteiger partial charge on any atom is 0.261 e. The monoisotopic (exact) mass is 406 g/mol. The van der Waals surface area contributed by atoms with Crippen LogP contribution in [0.15, 0.2) is 42.7 Å². The number of anilines is 2. The summed E-state index contributed by atoms with van der Waals surface area (Å²) in [5.41, 5.74) is 3.30. The molecule has 1 saturated heterocycles. The molecule has 7 heteroatoms. The van der Waals surface area contributed by atoms with Crippen LogP contribution in [0.5, 0.6) is 0 Å². The number of rotatable bonds is 3. The first-order chi connectivity index (χ1) is 14.6. The average molecular weight is 407 g/mol. The Balaban J connectivity index is 0.00000106. The Labute approximate surface area is 177 Å². The van der Waals surface area contributed by atoms with Crippen molar-refractivity contribution in [3.63, 3.8) is 0 Å². The van der Waals surface area contributed by atoms with Gasteiger partial charge in [0.05, 0.1) is 6.20 Å². The van der Waals surface area contributed by atoms with Crippen molar-refractivity contribution in [3.8, 4) is 0 Å². The number of hydrogen-bond acceptors (Lipinski definition) is 5. The summed E-state index contributed by atoms with van der Waals surface area (Å²) in [7, 11) is 0. The van der Waals surface area contributed by atoms with Crippen LogP contribution in [0, 0.1) is 12.3 Å². The molecule has 0 unspecified atom stereocenters. The van der Waals surface area contributed by atoms with Gasteiger partial charge in [-0.1, -0.05) is 32.0 Å². The molecule has 0 radical (unpaired) electrons. The normalized spacial score (nSPS) is 17.2. The minimum absolute atomic E-state index is 0.190. The molecule has 7 nitrogen and oxygen atoms in total. The summed E-state index contributed by atoms with van der Waals surface area (Å²) in [4.78, 5) is 20.0. The summed E-state index contributed by atoms with van der Waals surface area (Å²) in [6.45, 7) is 9.95. The van der Waals surface area contributed by atoms with Crippen LogP contribution in [0.3, 0.4) is 0 Å². The first-order valence-corrected chi connectivity index (χ1v) is 10.8. The van der Waals surface area contributed by atoms with Gasteiger partial charge in [-0.3, -0.25) is 4.79 Å². The minimum Gasteiger partial charge on any atom is -0.355 e. The lowest BCUT2D eigenvalue weighted by Crippen LogP contribution is -2.31. The molecular formula is C23H30N6O. The molecule has 5 rings (SSSR count). The van der Waals surface area contributed by atoms with E-state index in [1.54, 1.807) is 10.7 Å². The standard InChI is InChI=1S/C21H24N6O.C2H6/c1-15-4-2-3-5-17(15)24-20(28)16-12-23-27-10-6-18(25-19(16)27)26-11-9-22-13-21(14-26)7-8-21;1-2/h2-6,10,12,22H,7-9,11,13-14H2,1H3,(H,24,28);1-2H3. The lowest BCUT2D eigenvalue weighted by Gasteiger charge is -2.24. The van der Waals surface area contributed by atoms with Gasteiger partial charge in [-0.15, -0.1) is 0 Å². The molecule has 0 atom stereocenters. The van der Waals surface area contributed by atoms with Gasteiger partial charge < -0.3 is 15.5 Å². The summed E-state index contributed by atoms with van der Waals surface area (Å²) in [5, 5.41) is 10.8. The maximum absolute atomic E-state index is 12.9. The van der Waals surface area contributed by atoms with Crippen molar-refractivity contribution in [2.45, 2.75) is 33.6 Å². The summed E-state index contributed by atoms with van der Waals surface area (Å²) in [5.74, 6) is 0.720. The highest BCUT2D eigenvalue weighted by atomic mass is 16.1. The van der Waals surface area contributed by atoms with Crippen LogP contribution in [-0.4, -0.2) is 46.7 Å². The number of nitrogens with one attached hydrogen (secondary N) is 2. The second kappa shape index (κ2) is 8.44.